The number of hydrogen-bond donors (Lipinski definition) is 1. The Morgan fingerprint density at radius 1 is 1.10 bits per heavy atom. The van der Waals surface area contributed by atoms with E-state index in [4.69, 9.17) is 4.74 Å². The van der Waals surface area contributed by atoms with Crippen LogP contribution in [0, 0.1) is 6.92 Å². The lowest BCUT2D eigenvalue weighted by molar-refractivity contribution is 0.0604. The Morgan fingerprint density at radius 3 is 2.57 bits per heavy atom. The molecule has 0 saturated carbocycles. The minimum Gasteiger partial charge on any atom is -0.490 e. The van der Waals surface area contributed by atoms with E-state index >= 15 is 0 Å². The summed E-state index contributed by atoms with van der Waals surface area (Å²) in [5.41, 5.74) is 2.15. The molecule has 0 bridgehead atoms. The third-order valence-electron chi connectivity index (χ3n) is 4.43. The van der Waals surface area contributed by atoms with Gasteiger partial charge in [-0.05, 0) is 31.9 Å². The van der Waals surface area contributed by atoms with Crippen molar-refractivity contribution in [2.45, 2.75) is 83.8 Å². The van der Waals surface area contributed by atoms with Crippen LogP contribution in [0.2, 0.25) is 0 Å². The van der Waals surface area contributed by atoms with Gasteiger partial charge in [0.2, 0.25) is 0 Å². The Hall–Kier alpha value is -1.02. The molecule has 21 heavy (non-hydrogen) atoms. The van der Waals surface area contributed by atoms with Crippen LogP contribution >= 0.6 is 0 Å². The molecule has 1 N–H and O–H groups in total. The van der Waals surface area contributed by atoms with Crippen LogP contribution in [0.1, 0.15) is 81.9 Å². The minimum atomic E-state index is -0.358. The fourth-order valence-electron chi connectivity index (χ4n) is 3.15. The highest BCUT2D eigenvalue weighted by atomic mass is 16.5. The molecule has 1 aliphatic heterocycles. The number of benzene rings is 1. The van der Waals surface area contributed by atoms with E-state index in [0.717, 1.165) is 24.2 Å². The lowest BCUT2D eigenvalue weighted by atomic mass is 9.95. The molecule has 2 nitrogen and oxygen atoms in total. The summed E-state index contributed by atoms with van der Waals surface area (Å²) in [7, 11) is 0. The maximum atomic E-state index is 10.3. The molecule has 0 amide bonds. The van der Waals surface area contributed by atoms with Crippen LogP contribution < -0.4 is 4.74 Å². The van der Waals surface area contributed by atoms with Crippen LogP contribution in [0.5, 0.6) is 5.75 Å². The second kappa shape index (κ2) is 8.43. The molecule has 0 radical (unpaired) electrons. The molecule has 0 aromatic heterocycles. The van der Waals surface area contributed by atoms with Gasteiger partial charge in [-0.15, -0.1) is 0 Å². The number of aliphatic hydroxyl groups is 1. The van der Waals surface area contributed by atoms with Gasteiger partial charge in [0.25, 0.3) is 0 Å². The predicted octanol–water partition coefficient (Wildman–Crippen LogP) is 5.32. The number of rotatable bonds is 8. The standard InChI is InChI=1S/C19H30O2/c1-3-4-5-6-7-8-9-10-16-14-18(20)17-13-15(2)11-12-19(17)21-16/h11-13,16,18,20H,3-10,14H2,1-2H3/t16?,18-/m1/s1. The van der Waals surface area contributed by atoms with E-state index < -0.39 is 0 Å². The Kier molecular flexibility index (Phi) is 6.56. The van der Waals surface area contributed by atoms with Gasteiger partial charge in [0, 0.05) is 12.0 Å². The molecule has 2 rings (SSSR count). The number of fused-ring (bicyclic) bond motifs is 1. The molecular formula is C19H30O2. The fraction of sp³-hybridized carbons (Fsp3) is 0.684. The van der Waals surface area contributed by atoms with E-state index in [0.29, 0.717) is 0 Å². The van der Waals surface area contributed by atoms with Gasteiger partial charge in [-0.2, -0.15) is 0 Å². The molecule has 1 heterocycles. The molecule has 2 atom stereocenters. The van der Waals surface area contributed by atoms with Gasteiger partial charge in [-0.3, -0.25) is 0 Å². The largest absolute Gasteiger partial charge is 0.490 e. The highest BCUT2D eigenvalue weighted by Gasteiger charge is 2.26. The first kappa shape index (κ1) is 16.4. The summed E-state index contributed by atoms with van der Waals surface area (Å²) < 4.78 is 6.04. The van der Waals surface area contributed by atoms with Gasteiger partial charge < -0.3 is 9.84 Å². The second-order valence-electron chi connectivity index (χ2n) is 6.44. The van der Waals surface area contributed by atoms with Crippen molar-refractivity contribution in [1.82, 2.24) is 0 Å². The van der Waals surface area contributed by atoms with Crippen molar-refractivity contribution in [3.63, 3.8) is 0 Å². The summed E-state index contributed by atoms with van der Waals surface area (Å²) in [6.45, 7) is 4.31. The van der Waals surface area contributed by atoms with Crippen LogP contribution in [0.3, 0.4) is 0 Å². The van der Waals surface area contributed by atoms with Crippen LogP contribution in [-0.2, 0) is 0 Å². The van der Waals surface area contributed by atoms with Gasteiger partial charge in [0.1, 0.15) is 11.9 Å². The van der Waals surface area contributed by atoms with E-state index in [1.807, 2.05) is 12.1 Å². The topological polar surface area (TPSA) is 29.5 Å². The monoisotopic (exact) mass is 290 g/mol. The number of ether oxygens (including phenoxy) is 1. The molecule has 1 aromatic carbocycles. The molecule has 118 valence electrons. The minimum absolute atomic E-state index is 0.186. The Labute approximate surface area is 129 Å². The number of aliphatic hydroxyl groups excluding tert-OH is 1. The van der Waals surface area contributed by atoms with Crippen molar-refractivity contribution < 1.29 is 9.84 Å². The zero-order valence-electron chi connectivity index (χ0n) is 13.6. The Morgan fingerprint density at radius 2 is 1.81 bits per heavy atom. The Balaban J connectivity index is 1.70. The fourth-order valence-corrected chi connectivity index (χ4v) is 3.15. The van der Waals surface area contributed by atoms with Crippen molar-refractivity contribution in [2.75, 3.05) is 0 Å². The SMILES string of the molecule is CCCCCCCCCC1C[C@@H](O)c2cc(C)ccc2O1. The predicted molar refractivity (Wildman–Crippen MR) is 87.8 cm³/mol. The first-order valence-corrected chi connectivity index (χ1v) is 8.66. The van der Waals surface area contributed by atoms with E-state index in [1.165, 1.54) is 50.5 Å². The average molecular weight is 290 g/mol. The lowest BCUT2D eigenvalue weighted by Crippen LogP contribution is -2.25. The number of aryl methyl sites for hydroxylation is 1. The molecule has 1 aliphatic rings. The zero-order chi connectivity index (χ0) is 15.1. The normalized spacial score (nSPS) is 20.9. The van der Waals surface area contributed by atoms with Gasteiger partial charge in [0.15, 0.2) is 0 Å². The van der Waals surface area contributed by atoms with E-state index in [2.05, 4.69) is 19.9 Å². The zero-order valence-corrected chi connectivity index (χ0v) is 13.6. The van der Waals surface area contributed by atoms with Crippen molar-refractivity contribution in [2.24, 2.45) is 0 Å². The maximum absolute atomic E-state index is 10.3. The van der Waals surface area contributed by atoms with Crippen LogP contribution in [-0.4, -0.2) is 11.2 Å². The molecule has 0 fully saturated rings. The van der Waals surface area contributed by atoms with Gasteiger partial charge >= 0.3 is 0 Å². The van der Waals surface area contributed by atoms with Crippen molar-refractivity contribution >= 4 is 0 Å². The highest BCUT2D eigenvalue weighted by Crippen LogP contribution is 2.36. The molecule has 1 unspecified atom stereocenters. The third kappa shape index (κ3) is 5.03. The van der Waals surface area contributed by atoms with E-state index in [-0.39, 0.29) is 12.2 Å². The summed E-state index contributed by atoms with van der Waals surface area (Å²) >= 11 is 0. The number of unbranched alkanes of at least 4 members (excludes halogenated alkanes) is 6. The van der Waals surface area contributed by atoms with E-state index in [9.17, 15) is 5.11 Å². The third-order valence-corrected chi connectivity index (χ3v) is 4.43. The first-order valence-electron chi connectivity index (χ1n) is 8.66. The highest BCUT2D eigenvalue weighted by molar-refractivity contribution is 5.40. The van der Waals surface area contributed by atoms with Crippen molar-refractivity contribution in [1.29, 1.82) is 0 Å². The summed E-state index contributed by atoms with van der Waals surface area (Å²) in [5, 5.41) is 10.3. The summed E-state index contributed by atoms with van der Waals surface area (Å²) in [4.78, 5) is 0. The smallest absolute Gasteiger partial charge is 0.125 e. The summed E-state index contributed by atoms with van der Waals surface area (Å²) in [6.07, 6.45) is 10.9. The van der Waals surface area contributed by atoms with Gasteiger partial charge in [0.05, 0.1) is 6.10 Å². The van der Waals surface area contributed by atoms with Gasteiger partial charge in [-0.1, -0.05) is 57.1 Å². The molecular weight excluding hydrogens is 260 g/mol. The quantitative estimate of drug-likeness (QED) is 0.656. The van der Waals surface area contributed by atoms with E-state index in [1.54, 1.807) is 0 Å². The summed E-state index contributed by atoms with van der Waals surface area (Å²) in [6, 6.07) is 6.11. The molecule has 0 saturated heterocycles. The van der Waals surface area contributed by atoms with Gasteiger partial charge in [-0.25, -0.2) is 0 Å². The second-order valence-corrected chi connectivity index (χ2v) is 6.44. The molecule has 0 spiro atoms. The molecule has 1 aromatic rings. The number of hydrogen-bond acceptors (Lipinski definition) is 2. The average Bonchev–Trinajstić information content (AvgIpc) is 2.47. The van der Waals surface area contributed by atoms with Crippen molar-refractivity contribution in [3.05, 3.63) is 29.3 Å². The first-order chi connectivity index (χ1) is 10.2. The molecule has 2 heteroatoms. The van der Waals surface area contributed by atoms with Crippen LogP contribution in [0.4, 0.5) is 0 Å². The summed E-state index contributed by atoms with van der Waals surface area (Å²) in [5.74, 6) is 0.882. The Bertz CT molecular complexity index is 428. The van der Waals surface area contributed by atoms with Crippen LogP contribution in [0.25, 0.3) is 0 Å². The molecule has 0 aliphatic carbocycles. The van der Waals surface area contributed by atoms with Crippen molar-refractivity contribution in [3.8, 4) is 5.75 Å². The lowest BCUT2D eigenvalue weighted by Gasteiger charge is -2.30. The maximum Gasteiger partial charge on any atom is 0.125 e. The van der Waals surface area contributed by atoms with Crippen LogP contribution in [0.15, 0.2) is 18.2 Å².